The van der Waals surface area contributed by atoms with Gasteiger partial charge in [0.25, 0.3) is 5.56 Å². The molecule has 0 amide bonds. The van der Waals surface area contributed by atoms with Crippen LogP contribution in [0.3, 0.4) is 0 Å². The molecule has 2 aromatic heterocycles. The van der Waals surface area contributed by atoms with Crippen LogP contribution in [0.2, 0.25) is 0 Å². The second kappa shape index (κ2) is 8.99. The van der Waals surface area contributed by atoms with Crippen molar-refractivity contribution in [1.29, 1.82) is 0 Å². The van der Waals surface area contributed by atoms with E-state index >= 15 is 0 Å². The van der Waals surface area contributed by atoms with Crippen LogP contribution in [0, 0.1) is 0 Å². The molecule has 28 heavy (non-hydrogen) atoms. The number of carbonyl (C=O) groups is 1. The number of nitrogens with zero attached hydrogens (tertiary/aromatic N) is 2. The molecule has 3 rings (SSSR count). The van der Waals surface area contributed by atoms with Gasteiger partial charge in [0.1, 0.15) is 23.2 Å². The van der Waals surface area contributed by atoms with Crippen molar-refractivity contribution in [3.05, 3.63) is 46.3 Å². The van der Waals surface area contributed by atoms with E-state index in [2.05, 4.69) is 4.98 Å². The predicted octanol–water partition coefficient (Wildman–Crippen LogP) is 3.27. The number of methoxy groups -OCH3 is 1. The van der Waals surface area contributed by atoms with E-state index in [1.807, 2.05) is 36.6 Å². The molecule has 0 radical (unpaired) electrons. The Hall–Kier alpha value is -2.71. The van der Waals surface area contributed by atoms with E-state index in [9.17, 15) is 9.59 Å². The van der Waals surface area contributed by atoms with Gasteiger partial charge in [-0.25, -0.2) is 9.78 Å². The smallest absolute Gasteiger partial charge is 0.329 e. The minimum absolute atomic E-state index is 0.150. The molecule has 1 atom stereocenters. The summed E-state index contributed by atoms with van der Waals surface area (Å²) in [5.41, 5.74) is 1.40. The number of rotatable bonds is 8. The Morgan fingerprint density at radius 2 is 2.00 bits per heavy atom. The van der Waals surface area contributed by atoms with Gasteiger partial charge in [-0.2, -0.15) is 0 Å². The molecule has 0 bridgehead atoms. The number of benzene rings is 1. The van der Waals surface area contributed by atoms with Gasteiger partial charge in [-0.15, -0.1) is 11.3 Å². The summed E-state index contributed by atoms with van der Waals surface area (Å²) in [4.78, 5) is 30.4. The lowest BCUT2D eigenvalue weighted by Crippen LogP contribution is -2.30. The Balaban J connectivity index is 1.92. The zero-order valence-electron chi connectivity index (χ0n) is 16.0. The highest BCUT2D eigenvalue weighted by molar-refractivity contribution is 7.17. The lowest BCUT2D eigenvalue weighted by atomic mass is 10.1. The lowest BCUT2D eigenvalue weighted by molar-refractivity contribution is -0.148. The average molecular weight is 402 g/mol. The van der Waals surface area contributed by atoms with Crippen molar-refractivity contribution < 1.29 is 19.0 Å². The molecule has 7 nitrogen and oxygen atoms in total. The molecule has 148 valence electrons. The van der Waals surface area contributed by atoms with Crippen molar-refractivity contribution in [3.8, 4) is 16.9 Å². The van der Waals surface area contributed by atoms with E-state index in [4.69, 9.17) is 14.2 Å². The fraction of sp³-hybridized carbons (Fsp3) is 0.350. The predicted molar refractivity (Wildman–Crippen MR) is 108 cm³/mol. The highest BCUT2D eigenvalue weighted by Gasteiger charge is 2.21. The number of fused-ring (bicyclic) bond motifs is 1. The van der Waals surface area contributed by atoms with Crippen LogP contribution >= 0.6 is 11.3 Å². The molecule has 0 fully saturated rings. The summed E-state index contributed by atoms with van der Waals surface area (Å²) in [6.45, 7) is 4.52. The molecule has 0 saturated carbocycles. The maximum absolute atomic E-state index is 13.1. The summed E-state index contributed by atoms with van der Waals surface area (Å²) in [5.74, 6) is 0.242. The monoisotopic (exact) mass is 402 g/mol. The molecule has 1 aromatic carbocycles. The van der Waals surface area contributed by atoms with Crippen LogP contribution < -0.4 is 10.3 Å². The zero-order chi connectivity index (χ0) is 20.1. The van der Waals surface area contributed by atoms with Gasteiger partial charge in [0.15, 0.2) is 0 Å². The fourth-order valence-corrected chi connectivity index (χ4v) is 3.69. The van der Waals surface area contributed by atoms with Crippen molar-refractivity contribution >= 4 is 27.5 Å². The molecule has 0 saturated heterocycles. The minimum Gasteiger partial charge on any atom is -0.497 e. The van der Waals surface area contributed by atoms with Gasteiger partial charge < -0.3 is 14.2 Å². The zero-order valence-corrected chi connectivity index (χ0v) is 16.8. The van der Waals surface area contributed by atoms with Gasteiger partial charge in [-0.05, 0) is 31.5 Å². The minimum atomic E-state index is -0.783. The Labute approximate surface area is 166 Å². The lowest BCUT2D eigenvalue weighted by Gasteiger charge is -2.14. The van der Waals surface area contributed by atoms with Crippen molar-refractivity contribution in [3.63, 3.8) is 0 Å². The largest absolute Gasteiger partial charge is 0.497 e. The molecule has 0 aliphatic heterocycles. The van der Waals surface area contributed by atoms with Crippen LogP contribution in [-0.2, 0) is 14.3 Å². The first kappa shape index (κ1) is 20.0. The molecule has 3 aromatic rings. The van der Waals surface area contributed by atoms with Crippen molar-refractivity contribution in [2.24, 2.45) is 0 Å². The topological polar surface area (TPSA) is 79.7 Å². The van der Waals surface area contributed by atoms with E-state index in [0.29, 0.717) is 23.4 Å². The molecule has 8 heteroatoms. The molecule has 0 aliphatic rings. The van der Waals surface area contributed by atoms with Gasteiger partial charge in [0, 0.05) is 17.6 Å². The molecular weight excluding hydrogens is 380 g/mol. The van der Waals surface area contributed by atoms with Gasteiger partial charge in [-0.3, -0.25) is 9.36 Å². The number of hydrogen-bond donors (Lipinski definition) is 0. The Kier molecular flexibility index (Phi) is 6.43. The van der Waals surface area contributed by atoms with Gasteiger partial charge >= 0.3 is 5.97 Å². The third-order valence-corrected chi connectivity index (χ3v) is 5.24. The Morgan fingerprint density at radius 3 is 2.68 bits per heavy atom. The number of ether oxygens (including phenoxy) is 3. The van der Waals surface area contributed by atoms with E-state index < -0.39 is 12.0 Å². The van der Waals surface area contributed by atoms with Crippen LogP contribution in [-0.4, -0.2) is 42.5 Å². The number of esters is 1. The van der Waals surface area contributed by atoms with Gasteiger partial charge in [0.2, 0.25) is 0 Å². The van der Waals surface area contributed by atoms with Crippen LogP contribution in [0.5, 0.6) is 5.75 Å². The van der Waals surface area contributed by atoms with Crippen LogP contribution in [0.15, 0.2) is 40.8 Å². The summed E-state index contributed by atoms with van der Waals surface area (Å²) in [7, 11) is 1.60. The van der Waals surface area contributed by atoms with E-state index in [-0.39, 0.29) is 12.2 Å². The first-order valence-corrected chi connectivity index (χ1v) is 9.82. The van der Waals surface area contributed by atoms with Gasteiger partial charge in [0.05, 0.1) is 25.4 Å². The molecule has 2 heterocycles. The van der Waals surface area contributed by atoms with Gasteiger partial charge in [-0.1, -0.05) is 12.1 Å². The number of aromatic nitrogens is 2. The molecule has 0 unspecified atom stereocenters. The van der Waals surface area contributed by atoms with Crippen molar-refractivity contribution in [2.75, 3.05) is 26.9 Å². The highest BCUT2D eigenvalue weighted by atomic mass is 32.1. The summed E-state index contributed by atoms with van der Waals surface area (Å²) in [5, 5.41) is 2.39. The summed E-state index contributed by atoms with van der Waals surface area (Å²) >= 11 is 1.39. The quantitative estimate of drug-likeness (QED) is 0.425. The van der Waals surface area contributed by atoms with E-state index in [0.717, 1.165) is 16.9 Å². The number of thiophene rings is 1. The van der Waals surface area contributed by atoms with Crippen LogP contribution in [0.4, 0.5) is 0 Å². The second-order valence-corrected chi connectivity index (χ2v) is 6.91. The first-order valence-electron chi connectivity index (χ1n) is 8.94. The average Bonchev–Trinajstić information content (AvgIpc) is 3.16. The van der Waals surface area contributed by atoms with Crippen molar-refractivity contribution in [2.45, 2.75) is 19.9 Å². The summed E-state index contributed by atoms with van der Waals surface area (Å²) < 4.78 is 16.8. The third-order valence-electron chi connectivity index (χ3n) is 4.35. The van der Waals surface area contributed by atoms with Crippen LogP contribution in [0.1, 0.15) is 19.9 Å². The Bertz CT molecular complexity index is 1010. The second-order valence-electron chi connectivity index (χ2n) is 6.06. The standard InChI is InChI=1S/C20H22N2O5S/c1-4-26-9-10-27-20(24)13(2)22-12-21-18-17(19(22)23)16(11-28-18)14-5-7-15(25-3)8-6-14/h5-8,11-13H,4,9-10H2,1-3H3/t13-/m0/s1. The molecular formula is C20H22N2O5S. The van der Waals surface area contributed by atoms with Crippen LogP contribution in [0.25, 0.3) is 21.3 Å². The fourth-order valence-electron chi connectivity index (χ4n) is 2.78. The SMILES string of the molecule is CCOCCOC(=O)[C@H](C)n1cnc2scc(-c3ccc(OC)cc3)c2c1=O. The Morgan fingerprint density at radius 1 is 1.25 bits per heavy atom. The maximum Gasteiger partial charge on any atom is 0.329 e. The maximum atomic E-state index is 13.1. The van der Waals surface area contributed by atoms with E-state index in [1.165, 1.54) is 22.2 Å². The third kappa shape index (κ3) is 4.07. The molecule has 0 aliphatic carbocycles. The number of carbonyl (C=O) groups excluding carboxylic acids is 1. The summed E-state index contributed by atoms with van der Waals surface area (Å²) in [6, 6.07) is 6.68. The van der Waals surface area contributed by atoms with E-state index in [1.54, 1.807) is 14.0 Å². The number of hydrogen-bond acceptors (Lipinski definition) is 7. The normalized spacial score (nSPS) is 12.1. The summed E-state index contributed by atoms with van der Waals surface area (Å²) in [6.07, 6.45) is 1.40. The molecule has 0 spiro atoms. The molecule has 0 N–H and O–H groups in total. The first-order chi connectivity index (χ1) is 13.6. The highest BCUT2D eigenvalue weighted by Crippen LogP contribution is 2.31. The van der Waals surface area contributed by atoms with Crippen molar-refractivity contribution in [1.82, 2.24) is 9.55 Å².